The van der Waals surface area contributed by atoms with Crippen molar-refractivity contribution >= 4 is 29.0 Å². The van der Waals surface area contributed by atoms with E-state index < -0.39 is 0 Å². The highest BCUT2D eigenvalue weighted by Crippen LogP contribution is 2.21. The fourth-order valence-electron chi connectivity index (χ4n) is 3.93. The first-order valence-corrected chi connectivity index (χ1v) is 10.8. The van der Waals surface area contributed by atoms with Gasteiger partial charge in [-0.1, -0.05) is 29.8 Å². The third-order valence-electron chi connectivity index (χ3n) is 5.76. The molecule has 0 atom stereocenters. The van der Waals surface area contributed by atoms with Crippen LogP contribution in [-0.2, 0) is 16.1 Å². The van der Waals surface area contributed by atoms with Gasteiger partial charge in [0, 0.05) is 32.4 Å². The van der Waals surface area contributed by atoms with Gasteiger partial charge in [0.15, 0.2) is 0 Å². The summed E-state index contributed by atoms with van der Waals surface area (Å²) in [5.41, 5.74) is 6.98. The van der Waals surface area contributed by atoms with E-state index in [-0.39, 0.29) is 24.2 Å². The number of nitrogens with one attached hydrogen (secondary N) is 1. The van der Waals surface area contributed by atoms with Gasteiger partial charge in [0.2, 0.25) is 5.84 Å². The molecule has 2 aliphatic rings. The van der Waals surface area contributed by atoms with Crippen LogP contribution in [0.25, 0.3) is 0 Å². The highest BCUT2D eigenvalue weighted by Gasteiger charge is 2.27. The van der Waals surface area contributed by atoms with Crippen LogP contribution in [-0.4, -0.2) is 49.2 Å². The molecule has 1 N–H and O–H groups in total. The summed E-state index contributed by atoms with van der Waals surface area (Å²) in [7, 11) is 1.75. The first-order chi connectivity index (χ1) is 15.0. The molecule has 0 radical (unpaired) electrons. The van der Waals surface area contributed by atoms with Crippen molar-refractivity contribution in [1.29, 1.82) is 0 Å². The molecule has 2 aliphatic heterocycles. The van der Waals surface area contributed by atoms with Crippen LogP contribution < -0.4 is 15.3 Å². The Morgan fingerprint density at radius 1 is 1.00 bits per heavy atom. The normalized spacial score (nSPS) is 16.6. The predicted molar refractivity (Wildman–Crippen MR) is 123 cm³/mol. The Bertz CT molecular complexity index is 962. The number of carbonyl (C=O) groups is 2. The molecule has 0 aliphatic carbocycles. The predicted octanol–water partition coefficient (Wildman–Crippen LogP) is 2.89. The molecule has 2 amide bonds. The highest BCUT2D eigenvalue weighted by molar-refractivity contribution is 6.39. The molecule has 2 aromatic carbocycles. The van der Waals surface area contributed by atoms with Crippen molar-refractivity contribution in [3.05, 3.63) is 59.7 Å². The molecular formula is C24H29N5O2. The van der Waals surface area contributed by atoms with Crippen LogP contribution in [0.2, 0.25) is 0 Å². The second kappa shape index (κ2) is 9.20. The number of carbonyl (C=O) groups excluding carboxylic acids is 2. The summed E-state index contributed by atoms with van der Waals surface area (Å²) in [4.78, 5) is 33.4. The topological polar surface area (TPSA) is 68.2 Å². The molecule has 1 fully saturated rings. The SMILES string of the molecule is Cc1ccc(N2NC(C(=O)N(C)Cc3ccc(N4CCCCC4)cc3)=NCC2=O)cc1. The van der Waals surface area contributed by atoms with Crippen molar-refractivity contribution in [2.24, 2.45) is 4.99 Å². The third kappa shape index (κ3) is 4.87. The molecule has 31 heavy (non-hydrogen) atoms. The number of piperidine rings is 1. The van der Waals surface area contributed by atoms with Gasteiger partial charge in [-0.3, -0.25) is 20.0 Å². The third-order valence-corrected chi connectivity index (χ3v) is 5.76. The largest absolute Gasteiger partial charge is 0.372 e. The van der Waals surface area contributed by atoms with Gasteiger partial charge in [-0.15, -0.1) is 0 Å². The van der Waals surface area contributed by atoms with E-state index in [0.717, 1.165) is 24.2 Å². The van der Waals surface area contributed by atoms with Crippen LogP contribution in [0.5, 0.6) is 0 Å². The minimum Gasteiger partial charge on any atom is -0.372 e. The zero-order valence-electron chi connectivity index (χ0n) is 18.2. The van der Waals surface area contributed by atoms with Crippen LogP contribution in [0.15, 0.2) is 53.5 Å². The zero-order valence-corrected chi connectivity index (χ0v) is 18.2. The molecule has 7 nitrogen and oxygen atoms in total. The van der Waals surface area contributed by atoms with E-state index in [1.165, 1.54) is 30.0 Å². The first kappa shape index (κ1) is 20.9. The van der Waals surface area contributed by atoms with Crippen molar-refractivity contribution in [3.8, 4) is 0 Å². The van der Waals surface area contributed by atoms with E-state index in [2.05, 4.69) is 39.6 Å². The van der Waals surface area contributed by atoms with Crippen LogP contribution >= 0.6 is 0 Å². The number of hydrazine groups is 1. The molecular weight excluding hydrogens is 390 g/mol. The lowest BCUT2D eigenvalue weighted by Gasteiger charge is -2.30. The second-order valence-corrected chi connectivity index (χ2v) is 8.22. The Hall–Kier alpha value is -3.35. The first-order valence-electron chi connectivity index (χ1n) is 10.8. The number of anilines is 2. The molecule has 0 unspecified atom stereocenters. The molecule has 7 heteroatoms. The fourth-order valence-corrected chi connectivity index (χ4v) is 3.93. The van der Waals surface area contributed by atoms with Crippen LogP contribution in [0, 0.1) is 6.92 Å². The summed E-state index contributed by atoms with van der Waals surface area (Å²) < 4.78 is 0. The van der Waals surface area contributed by atoms with Crippen LogP contribution in [0.3, 0.4) is 0 Å². The van der Waals surface area contributed by atoms with Gasteiger partial charge in [-0.25, -0.2) is 5.01 Å². The molecule has 2 aromatic rings. The van der Waals surface area contributed by atoms with E-state index in [0.29, 0.717) is 12.2 Å². The van der Waals surface area contributed by atoms with Crippen molar-refractivity contribution in [2.45, 2.75) is 32.7 Å². The van der Waals surface area contributed by atoms with Gasteiger partial charge < -0.3 is 9.80 Å². The van der Waals surface area contributed by atoms with Gasteiger partial charge in [0.05, 0.1) is 5.69 Å². The van der Waals surface area contributed by atoms with Gasteiger partial charge >= 0.3 is 0 Å². The number of aryl methyl sites for hydroxylation is 1. The second-order valence-electron chi connectivity index (χ2n) is 8.22. The Morgan fingerprint density at radius 3 is 2.32 bits per heavy atom. The molecule has 0 saturated carbocycles. The number of hydrogen-bond donors (Lipinski definition) is 1. The number of nitrogens with zero attached hydrogens (tertiary/aromatic N) is 4. The summed E-state index contributed by atoms with van der Waals surface area (Å²) in [6.45, 7) is 4.62. The Kier molecular flexibility index (Phi) is 6.21. The fraction of sp³-hybridized carbons (Fsp3) is 0.375. The summed E-state index contributed by atoms with van der Waals surface area (Å²) in [5.74, 6) is -0.270. The van der Waals surface area contributed by atoms with Gasteiger partial charge in [-0.2, -0.15) is 0 Å². The Labute approximate surface area is 183 Å². The lowest BCUT2D eigenvalue weighted by molar-refractivity contribution is -0.123. The number of benzene rings is 2. The van der Waals surface area contributed by atoms with Crippen LogP contribution in [0.4, 0.5) is 11.4 Å². The van der Waals surface area contributed by atoms with Crippen molar-refractivity contribution in [3.63, 3.8) is 0 Å². The maximum absolute atomic E-state index is 12.9. The maximum Gasteiger partial charge on any atom is 0.290 e. The van der Waals surface area contributed by atoms with E-state index in [1.54, 1.807) is 11.9 Å². The molecule has 1 saturated heterocycles. The van der Waals surface area contributed by atoms with Gasteiger partial charge in [0.25, 0.3) is 11.8 Å². The molecule has 162 valence electrons. The smallest absolute Gasteiger partial charge is 0.290 e. The number of amides is 2. The van der Waals surface area contributed by atoms with Gasteiger partial charge in [0.1, 0.15) is 6.54 Å². The molecule has 0 aromatic heterocycles. The number of hydrogen-bond acceptors (Lipinski definition) is 5. The minimum atomic E-state index is -0.246. The maximum atomic E-state index is 12.9. The number of likely N-dealkylation sites (N-methyl/N-ethyl adjacent to an activating group) is 1. The van der Waals surface area contributed by atoms with E-state index in [9.17, 15) is 9.59 Å². The quantitative estimate of drug-likeness (QED) is 0.809. The molecule has 0 bridgehead atoms. The standard InChI is InChI=1S/C24H29N5O2/c1-18-6-10-21(11-7-18)29-22(30)16-25-23(26-29)24(31)27(2)17-19-8-12-20(13-9-19)28-14-4-3-5-15-28/h6-13H,3-5,14-17H2,1-2H3,(H,25,26). The number of aliphatic imine (C=N–C) groups is 1. The summed E-state index contributed by atoms with van der Waals surface area (Å²) in [5, 5.41) is 1.39. The van der Waals surface area contributed by atoms with Crippen molar-refractivity contribution in [1.82, 2.24) is 10.3 Å². The monoisotopic (exact) mass is 419 g/mol. The summed E-state index contributed by atoms with van der Waals surface area (Å²) in [6.07, 6.45) is 3.80. The van der Waals surface area contributed by atoms with Crippen molar-refractivity contribution in [2.75, 3.05) is 36.6 Å². The minimum absolute atomic E-state index is 0.0552. The van der Waals surface area contributed by atoms with Crippen LogP contribution in [0.1, 0.15) is 30.4 Å². The summed E-state index contributed by atoms with van der Waals surface area (Å²) in [6, 6.07) is 16.0. The molecule has 4 rings (SSSR count). The van der Waals surface area contributed by atoms with E-state index in [1.807, 2.05) is 31.2 Å². The Morgan fingerprint density at radius 2 is 1.65 bits per heavy atom. The molecule has 0 spiro atoms. The lowest BCUT2D eigenvalue weighted by Crippen LogP contribution is -2.55. The zero-order chi connectivity index (χ0) is 21.8. The van der Waals surface area contributed by atoms with E-state index >= 15 is 0 Å². The number of amidine groups is 1. The lowest BCUT2D eigenvalue weighted by atomic mass is 10.1. The van der Waals surface area contributed by atoms with Gasteiger partial charge in [-0.05, 0) is 56.0 Å². The molecule has 2 heterocycles. The Balaban J connectivity index is 1.39. The van der Waals surface area contributed by atoms with E-state index in [4.69, 9.17) is 0 Å². The average molecular weight is 420 g/mol. The summed E-state index contributed by atoms with van der Waals surface area (Å²) >= 11 is 0. The number of rotatable bonds is 5. The van der Waals surface area contributed by atoms with Crippen molar-refractivity contribution < 1.29 is 9.59 Å². The highest BCUT2D eigenvalue weighted by atomic mass is 16.2. The average Bonchev–Trinajstić information content (AvgIpc) is 2.80.